The van der Waals surface area contributed by atoms with Crippen LogP contribution in [0.2, 0.25) is 0 Å². The number of carbonyl (C=O) groups is 4. The van der Waals surface area contributed by atoms with Gasteiger partial charge < -0.3 is 47.9 Å². The summed E-state index contributed by atoms with van der Waals surface area (Å²) in [6, 6.07) is 7.62. The molecule has 3 rings (SSSR count). The Labute approximate surface area is 284 Å². The average Bonchev–Trinajstić information content (AvgIpc) is 3.48. The predicted octanol–water partition coefficient (Wildman–Crippen LogP) is -0.525. The molecule has 15 heteroatoms. The zero-order valence-electron chi connectivity index (χ0n) is 26.6. The van der Waals surface area contributed by atoms with Gasteiger partial charge in [0.15, 0.2) is 0 Å². The lowest BCUT2D eigenvalue weighted by atomic mass is 10.0. The standard InChI is InChI=1S/C33H44N7O7S/c1-19(42)29(17-41)40-31(45)26(8-4-5-13-34)37-33(47)28(15-21-16-36-25-7-3-2-6-23(21)25)39-32(46)27(38-30(44)24(35)18-48)14-20-9-11-22(43)12-10-20/h2-3,6-7,9-12,16,19,24,26-29,36,42-43,48H,4-5,8,13-15,18,34-35H2,1H3,(H,37,47)(H,38,44)(H,39,46)(H,40,45)/t19-,24+,26+,27+,28-,29-/m1/s1. The maximum absolute atomic E-state index is 14.0. The summed E-state index contributed by atoms with van der Waals surface area (Å²) >= 11 is 4.07. The lowest BCUT2D eigenvalue weighted by molar-refractivity contribution is -0.134. The van der Waals surface area contributed by atoms with Crippen molar-refractivity contribution in [3.05, 3.63) is 65.9 Å². The first-order valence-corrected chi connectivity index (χ1v) is 16.3. The third-order valence-corrected chi connectivity index (χ3v) is 8.15. The highest BCUT2D eigenvalue weighted by molar-refractivity contribution is 7.80. The molecule has 0 unspecified atom stereocenters. The molecule has 3 aromatic rings. The van der Waals surface area contributed by atoms with Gasteiger partial charge >= 0.3 is 0 Å². The first kappa shape index (κ1) is 38.0. The average molecular weight is 683 g/mol. The number of amides is 4. The number of hydrogen-bond acceptors (Lipinski definition) is 10. The molecular formula is C33H44N7O7S. The molecular weight excluding hydrogens is 638 g/mol. The van der Waals surface area contributed by atoms with Crippen LogP contribution in [0.25, 0.3) is 10.9 Å². The van der Waals surface area contributed by atoms with Crippen molar-refractivity contribution in [2.45, 2.75) is 75.3 Å². The number of fused-ring (bicyclic) bond motifs is 1. The fraction of sp³-hybridized carbons (Fsp3) is 0.424. The number of unbranched alkanes of at least 4 members (excludes halogenated alkanes) is 1. The number of aromatic amines is 1. The van der Waals surface area contributed by atoms with Gasteiger partial charge in [-0.3, -0.25) is 24.0 Å². The Bertz CT molecular complexity index is 1530. The van der Waals surface area contributed by atoms with E-state index in [-0.39, 0.29) is 30.8 Å². The minimum Gasteiger partial charge on any atom is -0.508 e. The lowest BCUT2D eigenvalue weighted by Gasteiger charge is -2.26. The smallest absolute Gasteiger partial charge is 0.243 e. The fourth-order valence-corrected chi connectivity index (χ4v) is 5.14. The first-order chi connectivity index (χ1) is 23.0. The molecule has 259 valence electrons. The lowest BCUT2D eigenvalue weighted by Crippen LogP contribution is -2.59. The van der Waals surface area contributed by atoms with Gasteiger partial charge in [-0.1, -0.05) is 30.3 Å². The number of nitrogens with two attached hydrogens (primary N) is 2. The molecule has 2 aromatic carbocycles. The molecule has 0 spiro atoms. The molecule has 0 aliphatic heterocycles. The van der Waals surface area contributed by atoms with Crippen molar-refractivity contribution in [3.8, 4) is 5.75 Å². The number of hydrogen-bond donors (Lipinski definition) is 10. The Morgan fingerprint density at radius 2 is 1.48 bits per heavy atom. The minimum absolute atomic E-state index is 0.00557. The van der Waals surface area contributed by atoms with E-state index in [4.69, 9.17) is 11.5 Å². The summed E-state index contributed by atoms with van der Waals surface area (Å²) in [6.45, 7) is 1.67. The van der Waals surface area contributed by atoms with Crippen molar-refractivity contribution >= 4 is 53.4 Å². The molecule has 1 radical (unpaired) electrons. The normalized spacial score (nSPS) is 14.9. The number of para-hydroxylation sites is 1. The number of carbonyl (C=O) groups excluding carboxylic acids is 5. The summed E-state index contributed by atoms with van der Waals surface area (Å²) in [6.07, 6.45) is 3.27. The maximum atomic E-state index is 14.0. The van der Waals surface area contributed by atoms with Crippen molar-refractivity contribution in [2.24, 2.45) is 11.5 Å². The van der Waals surface area contributed by atoms with Crippen LogP contribution in [0.4, 0.5) is 0 Å². The zero-order chi connectivity index (χ0) is 35.2. The number of phenols is 1. The van der Waals surface area contributed by atoms with E-state index < -0.39 is 59.9 Å². The van der Waals surface area contributed by atoms with E-state index in [1.165, 1.54) is 19.1 Å². The molecule has 6 atom stereocenters. The number of rotatable bonds is 19. The molecule has 1 heterocycles. The van der Waals surface area contributed by atoms with Crippen molar-refractivity contribution < 1.29 is 34.2 Å². The van der Waals surface area contributed by atoms with E-state index >= 15 is 0 Å². The van der Waals surface area contributed by atoms with E-state index in [1.54, 1.807) is 24.6 Å². The maximum Gasteiger partial charge on any atom is 0.243 e. The van der Waals surface area contributed by atoms with Gasteiger partial charge in [-0.25, -0.2) is 0 Å². The minimum atomic E-state index is -1.32. The molecule has 0 fully saturated rings. The molecule has 0 bridgehead atoms. The van der Waals surface area contributed by atoms with Gasteiger partial charge in [0.05, 0.1) is 12.1 Å². The Kier molecular flexibility index (Phi) is 14.9. The van der Waals surface area contributed by atoms with Gasteiger partial charge in [-0.05, 0) is 62.1 Å². The molecule has 4 amide bonds. The molecule has 14 nitrogen and oxygen atoms in total. The van der Waals surface area contributed by atoms with E-state index in [9.17, 15) is 34.2 Å². The van der Waals surface area contributed by atoms with Crippen LogP contribution in [-0.4, -0.2) is 93.7 Å². The van der Waals surface area contributed by atoms with Gasteiger partial charge in [0.25, 0.3) is 0 Å². The van der Waals surface area contributed by atoms with Crippen LogP contribution in [0, 0.1) is 0 Å². The highest BCUT2D eigenvalue weighted by atomic mass is 32.1. The largest absolute Gasteiger partial charge is 0.508 e. The quantitative estimate of drug-likeness (QED) is 0.0577. The number of aromatic nitrogens is 1. The Balaban J connectivity index is 1.94. The second-order valence-electron chi connectivity index (χ2n) is 11.5. The summed E-state index contributed by atoms with van der Waals surface area (Å²) in [5.74, 6) is -2.70. The van der Waals surface area contributed by atoms with Crippen LogP contribution in [0.1, 0.15) is 37.3 Å². The Hall–Kier alpha value is -4.44. The van der Waals surface area contributed by atoms with Gasteiger partial charge in [0, 0.05) is 35.7 Å². The van der Waals surface area contributed by atoms with E-state index in [2.05, 4.69) is 38.9 Å². The second kappa shape index (κ2) is 18.8. The zero-order valence-corrected chi connectivity index (χ0v) is 27.5. The van der Waals surface area contributed by atoms with Crippen LogP contribution in [0.3, 0.4) is 0 Å². The van der Waals surface area contributed by atoms with E-state index in [0.717, 1.165) is 10.9 Å². The number of nitrogens with one attached hydrogen (secondary N) is 5. The third-order valence-electron chi connectivity index (χ3n) is 7.76. The number of aliphatic hydroxyl groups is 1. The van der Waals surface area contributed by atoms with Gasteiger partial charge in [0.1, 0.15) is 29.9 Å². The number of thiol groups is 1. The fourth-order valence-electron chi connectivity index (χ4n) is 4.98. The summed E-state index contributed by atoms with van der Waals surface area (Å²) in [7, 11) is 0. The van der Waals surface area contributed by atoms with Crippen LogP contribution in [-0.2, 0) is 36.8 Å². The SMILES string of the molecule is C[C@@H](O)[C@@H]([C]=O)NC(=O)[C@H](CCCCN)NC(=O)[C@@H](Cc1c[nH]c2ccccc12)NC(=O)[C@H](Cc1ccc(O)cc1)NC(=O)[C@@H](N)CS. The van der Waals surface area contributed by atoms with Gasteiger partial charge in [-0.2, -0.15) is 12.6 Å². The molecule has 11 N–H and O–H groups in total. The van der Waals surface area contributed by atoms with Gasteiger partial charge in [-0.15, -0.1) is 0 Å². The molecule has 48 heavy (non-hydrogen) atoms. The number of phenolic OH excluding ortho intramolecular Hbond substituents is 1. The van der Waals surface area contributed by atoms with E-state index in [1.807, 2.05) is 24.3 Å². The summed E-state index contributed by atoms with van der Waals surface area (Å²) in [4.78, 5) is 68.3. The second-order valence-corrected chi connectivity index (χ2v) is 11.9. The molecule has 0 saturated carbocycles. The van der Waals surface area contributed by atoms with Crippen LogP contribution >= 0.6 is 12.6 Å². The van der Waals surface area contributed by atoms with Crippen LogP contribution in [0.15, 0.2) is 54.7 Å². The summed E-state index contributed by atoms with van der Waals surface area (Å²) in [5, 5.41) is 30.9. The van der Waals surface area contributed by atoms with E-state index in [0.29, 0.717) is 30.5 Å². The monoisotopic (exact) mass is 682 g/mol. The highest BCUT2D eigenvalue weighted by Gasteiger charge is 2.32. The molecule has 1 aromatic heterocycles. The Morgan fingerprint density at radius 1 is 0.875 bits per heavy atom. The number of benzene rings is 2. The molecule has 0 saturated heterocycles. The number of aliphatic hydroxyl groups excluding tert-OH is 1. The van der Waals surface area contributed by atoms with Crippen LogP contribution in [0.5, 0.6) is 5.75 Å². The Morgan fingerprint density at radius 3 is 2.10 bits per heavy atom. The topological polar surface area (TPSA) is 242 Å². The van der Waals surface area contributed by atoms with Crippen molar-refractivity contribution in [2.75, 3.05) is 12.3 Å². The van der Waals surface area contributed by atoms with Crippen molar-refractivity contribution in [1.29, 1.82) is 0 Å². The summed E-state index contributed by atoms with van der Waals surface area (Å²) < 4.78 is 0. The number of H-pyrrole nitrogens is 1. The summed E-state index contributed by atoms with van der Waals surface area (Å²) in [5.41, 5.74) is 13.6. The number of aromatic hydroxyl groups is 1. The molecule has 0 aliphatic rings. The first-order valence-electron chi connectivity index (χ1n) is 15.6. The predicted molar refractivity (Wildman–Crippen MR) is 184 cm³/mol. The van der Waals surface area contributed by atoms with Crippen molar-refractivity contribution in [1.82, 2.24) is 26.3 Å². The highest BCUT2D eigenvalue weighted by Crippen LogP contribution is 2.20. The third kappa shape index (κ3) is 11.1. The van der Waals surface area contributed by atoms with Crippen LogP contribution < -0.4 is 32.7 Å². The molecule has 0 aliphatic carbocycles. The van der Waals surface area contributed by atoms with Gasteiger partial charge in [0.2, 0.25) is 29.9 Å². The van der Waals surface area contributed by atoms with Crippen molar-refractivity contribution in [3.63, 3.8) is 0 Å².